The molecule has 0 amide bonds. The van der Waals surface area contributed by atoms with E-state index in [1.165, 1.54) is 5.56 Å². The lowest BCUT2D eigenvalue weighted by Crippen LogP contribution is -2.18. The summed E-state index contributed by atoms with van der Waals surface area (Å²) in [6.07, 6.45) is 0.130. The maximum absolute atomic E-state index is 13.9. The third-order valence-corrected chi connectivity index (χ3v) is 4.29. The van der Waals surface area contributed by atoms with E-state index < -0.39 is 17.9 Å². The molecule has 5 heteroatoms. The molecule has 2 aromatic carbocycles. The minimum atomic E-state index is -4.90. The minimum Gasteiger partial charge on any atom is -0.403 e. The van der Waals surface area contributed by atoms with Gasteiger partial charge in [-0.2, -0.15) is 0 Å². The van der Waals surface area contributed by atoms with Crippen molar-refractivity contribution in [3.63, 3.8) is 0 Å². The molecule has 3 rings (SSSR count). The quantitative estimate of drug-likeness (QED) is 0.628. The van der Waals surface area contributed by atoms with Crippen molar-refractivity contribution in [2.24, 2.45) is 0 Å². The lowest BCUT2D eigenvalue weighted by molar-refractivity contribution is -0.275. The summed E-state index contributed by atoms with van der Waals surface area (Å²) in [6.45, 7) is 2.12. The van der Waals surface area contributed by atoms with Gasteiger partial charge in [0.05, 0.1) is 0 Å². The van der Waals surface area contributed by atoms with E-state index in [2.05, 4.69) is 23.8 Å². The molecule has 1 aliphatic carbocycles. The standard InChI is InChI=1S/C20H18F4O/c1-2-3-13-4-6-14(7-5-13)15-8-9-16-12-19(25-20(22,23)24)18(21)11-17(16)10-15/h4-8,11-12H,2-3,9-10H2,1H3. The second kappa shape index (κ2) is 6.90. The molecule has 1 nitrogen and oxygen atoms in total. The van der Waals surface area contributed by atoms with Crippen LogP contribution in [0.4, 0.5) is 17.6 Å². The van der Waals surface area contributed by atoms with Gasteiger partial charge in [-0.3, -0.25) is 0 Å². The van der Waals surface area contributed by atoms with E-state index in [4.69, 9.17) is 0 Å². The molecule has 0 aliphatic heterocycles. The highest BCUT2D eigenvalue weighted by Gasteiger charge is 2.33. The van der Waals surface area contributed by atoms with Gasteiger partial charge in [-0.1, -0.05) is 43.7 Å². The second-order valence-corrected chi connectivity index (χ2v) is 6.16. The van der Waals surface area contributed by atoms with E-state index in [0.717, 1.165) is 36.1 Å². The fourth-order valence-electron chi connectivity index (χ4n) is 3.10. The zero-order valence-corrected chi connectivity index (χ0v) is 13.8. The van der Waals surface area contributed by atoms with E-state index in [1.807, 2.05) is 18.2 Å². The number of halogens is 4. The molecule has 0 spiro atoms. The van der Waals surface area contributed by atoms with Crippen LogP contribution in [0.3, 0.4) is 0 Å². The zero-order valence-electron chi connectivity index (χ0n) is 13.8. The summed E-state index contributed by atoms with van der Waals surface area (Å²) in [4.78, 5) is 0. The van der Waals surface area contributed by atoms with Crippen LogP contribution in [0.25, 0.3) is 5.57 Å². The molecular weight excluding hydrogens is 332 g/mol. The molecule has 2 aromatic rings. The van der Waals surface area contributed by atoms with Crippen molar-refractivity contribution in [1.82, 2.24) is 0 Å². The normalized spacial score (nSPS) is 14.0. The van der Waals surface area contributed by atoms with Gasteiger partial charge < -0.3 is 4.74 Å². The Kier molecular flexibility index (Phi) is 4.84. The van der Waals surface area contributed by atoms with Gasteiger partial charge in [0.25, 0.3) is 0 Å². The summed E-state index contributed by atoms with van der Waals surface area (Å²) >= 11 is 0. The first kappa shape index (κ1) is 17.5. The minimum absolute atomic E-state index is 0.454. The Morgan fingerprint density at radius 2 is 1.76 bits per heavy atom. The monoisotopic (exact) mass is 350 g/mol. The van der Waals surface area contributed by atoms with Crippen molar-refractivity contribution >= 4 is 5.57 Å². The Hall–Kier alpha value is -2.30. The summed E-state index contributed by atoms with van der Waals surface area (Å²) in [5.74, 6) is -1.76. The van der Waals surface area contributed by atoms with Crippen LogP contribution in [0.2, 0.25) is 0 Å². The van der Waals surface area contributed by atoms with Gasteiger partial charge >= 0.3 is 6.36 Å². The van der Waals surface area contributed by atoms with Crippen LogP contribution < -0.4 is 4.74 Å². The van der Waals surface area contributed by atoms with Gasteiger partial charge in [0, 0.05) is 0 Å². The summed E-state index contributed by atoms with van der Waals surface area (Å²) in [5.41, 5.74) is 4.73. The first-order chi connectivity index (χ1) is 11.9. The molecule has 0 aromatic heterocycles. The molecule has 1 aliphatic rings. The molecule has 0 unspecified atom stereocenters. The highest BCUT2D eigenvalue weighted by Crippen LogP contribution is 2.33. The van der Waals surface area contributed by atoms with E-state index in [-0.39, 0.29) is 0 Å². The van der Waals surface area contributed by atoms with Crippen molar-refractivity contribution < 1.29 is 22.3 Å². The van der Waals surface area contributed by atoms with Crippen LogP contribution in [0, 0.1) is 5.82 Å². The highest BCUT2D eigenvalue weighted by atomic mass is 19.4. The van der Waals surface area contributed by atoms with Gasteiger partial charge in [0.1, 0.15) is 0 Å². The molecule has 0 saturated heterocycles. The second-order valence-electron chi connectivity index (χ2n) is 6.16. The van der Waals surface area contributed by atoms with Gasteiger partial charge in [-0.15, -0.1) is 13.2 Å². The molecule has 0 N–H and O–H groups in total. The first-order valence-corrected chi connectivity index (χ1v) is 8.21. The Morgan fingerprint density at radius 1 is 1.04 bits per heavy atom. The fourth-order valence-corrected chi connectivity index (χ4v) is 3.10. The Balaban J connectivity index is 1.81. The molecule has 25 heavy (non-hydrogen) atoms. The first-order valence-electron chi connectivity index (χ1n) is 8.21. The van der Waals surface area contributed by atoms with Gasteiger partial charge in [0.2, 0.25) is 0 Å². The topological polar surface area (TPSA) is 9.23 Å². The van der Waals surface area contributed by atoms with E-state index in [0.29, 0.717) is 24.0 Å². The average molecular weight is 350 g/mol. The van der Waals surface area contributed by atoms with Crippen molar-refractivity contribution in [2.45, 2.75) is 39.0 Å². The number of hydrogen-bond acceptors (Lipinski definition) is 1. The fraction of sp³-hybridized carbons (Fsp3) is 0.300. The number of rotatable bonds is 4. The van der Waals surface area contributed by atoms with Crippen molar-refractivity contribution in [2.75, 3.05) is 0 Å². The third kappa shape index (κ3) is 4.21. The van der Waals surface area contributed by atoms with E-state index in [9.17, 15) is 17.6 Å². The molecule has 0 atom stereocenters. The number of benzene rings is 2. The zero-order chi connectivity index (χ0) is 18.0. The predicted octanol–water partition coefficient (Wildman–Crippen LogP) is 5.86. The Morgan fingerprint density at radius 3 is 2.40 bits per heavy atom. The molecular formula is C20H18F4O. The van der Waals surface area contributed by atoms with Crippen LogP contribution in [0.15, 0.2) is 42.5 Å². The number of allylic oxidation sites excluding steroid dienone is 2. The molecule has 0 radical (unpaired) electrons. The number of aryl methyl sites for hydroxylation is 1. The number of fused-ring (bicyclic) bond motifs is 1. The van der Waals surface area contributed by atoms with Crippen LogP contribution in [0.1, 0.15) is 35.6 Å². The third-order valence-electron chi connectivity index (χ3n) is 4.29. The lowest BCUT2D eigenvalue weighted by atomic mass is 9.87. The molecule has 0 heterocycles. The average Bonchev–Trinajstić information content (AvgIpc) is 2.55. The molecule has 0 saturated carbocycles. The van der Waals surface area contributed by atoms with Gasteiger partial charge in [-0.25, -0.2) is 4.39 Å². The Bertz CT molecular complexity index is 789. The van der Waals surface area contributed by atoms with E-state index in [1.54, 1.807) is 0 Å². The van der Waals surface area contributed by atoms with Crippen molar-refractivity contribution in [3.05, 3.63) is 70.5 Å². The number of hydrogen-bond donors (Lipinski definition) is 0. The van der Waals surface area contributed by atoms with Crippen LogP contribution >= 0.6 is 0 Å². The maximum atomic E-state index is 13.9. The smallest absolute Gasteiger partial charge is 0.403 e. The summed E-state index contributed by atoms with van der Waals surface area (Å²) in [6, 6.07) is 10.5. The number of ether oxygens (including phenoxy) is 1. The van der Waals surface area contributed by atoms with Crippen LogP contribution in [-0.2, 0) is 19.3 Å². The van der Waals surface area contributed by atoms with E-state index >= 15 is 0 Å². The highest BCUT2D eigenvalue weighted by molar-refractivity contribution is 5.71. The predicted molar refractivity (Wildman–Crippen MR) is 88.9 cm³/mol. The molecule has 0 fully saturated rings. The van der Waals surface area contributed by atoms with Crippen LogP contribution in [0.5, 0.6) is 5.75 Å². The van der Waals surface area contributed by atoms with Crippen molar-refractivity contribution in [1.29, 1.82) is 0 Å². The lowest BCUT2D eigenvalue weighted by Gasteiger charge is -2.19. The summed E-state index contributed by atoms with van der Waals surface area (Å²) in [7, 11) is 0. The largest absolute Gasteiger partial charge is 0.573 e. The summed E-state index contributed by atoms with van der Waals surface area (Å²) in [5, 5.41) is 0. The van der Waals surface area contributed by atoms with Gasteiger partial charge in [-0.05, 0) is 59.2 Å². The summed E-state index contributed by atoms with van der Waals surface area (Å²) < 4.78 is 54.7. The van der Waals surface area contributed by atoms with Gasteiger partial charge in [0.15, 0.2) is 11.6 Å². The number of alkyl halides is 3. The molecule has 132 valence electrons. The maximum Gasteiger partial charge on any atom is 0.573 e. The SMILES string of the molecule is CCCc1ccc(C2=CCc3cc(OC(F)(F)F)c(F)cc3C2)cc1. The van der Waals surface area contributed by atoms with Crippen LogP contribution in [-0.4, -0.2) is 6.36 Å². The Labute approximate surface area is 143 Å². The molecule has 0 bridgehead atoms. The van der Waals surface area contributed by atoms with Crippen molar-refractivity contribution in [3.8, 4) is 5.75 Å².